The Morgan fingerprint density at radius 3 is 2.50 bits per heavy atom. The van der Waals surface area contributed by atoms with E-state index in [9.17, 15) is 18.0 Å². The average Bonchev–Trinajstić information content (AvgIpc) is 2.73. The molecule has 1 aromatic carbocycles. The van der Waals surface area contributed by atoms with Gasteiger partial charge in [-0.3, -0.25) is 4.79 Å². The topological polar surface area (TPSA) is 180 Å². The molecule has 0 saturated carbocycles. The molecule has 0 aliphatic rings. The molecule has 0 spiro atoms. The lowest BCUT2D eigenvalue weighted by atomic mass is 10.2. The Morgan fingerprint density at radius 2 is 1.88 bits per heavy atom. The number of alkyl halides is 3. The first-order chi connectivity index (χ1) is 15.0. The number of allylic oxidation sites excluding steroid dienone is 1. The van der Waals surface area contributed by atoms with E-state index in [0.717, 1.165) is 6.21 Å². The Labute approximate surface area is 180 Å². The Morgan fingerprint density at radius 1 is 1.16 bits per heavy atom. The Balaban J connectivity index is 2.19. The third kappa shape index (κ3) is 6.26. The number of carbonyl (C=O) groups excluding carboxylic acids is 1. The largest absolute Gasteiger partial charge is 0.431 e. The van der Waals surface area contributed by atoms with E-state index in [4.69, 9.17) is 28.0 Å². The first kappa shape index (κ1) is 23.8. The molecule has 166 valence electrons. The number of hydrogen-bond donors (Lipinski definition) is 6. The maximum atomic E-state index is 12.7. The van der Waals surface area contributed by atoms with Crippen molar-refractivity contribution in [2.45, 2.75) is 6.18 Å². The van der Waals surface area contributed by atoms with Gasteiger partial charge in [-0.15, -0.1) is 0 Å². The maximum absolute atomic E-state index is 12.7. The number of halogens is 3. The Bertz CT molecular complexity index is 1140. The molecule has 0 saturated heterocycles. The van der Waals surface area contributed by atoms with Gasteiger partial charge in [-0.1, -0.05) is 6.07 Å². The van der Waals surface area contributed by atoms with Crippen molar-refractivity contribution in [3.05, 3.63) is 65.0 Å². The predicted octanol–water partition coefficient (Wildman–Crippen LogP) is 2.73. The van der Waals surface area contributed by atoms with Crippen LogP contribution in [0.4, 0.5) is 30.4 Å². The zero-order valence-electron chi connectivity index (χ0n) is 16.4. The minimum absolute atomic E-state index is 0.0591. The molecule has 0 bridgehead atoms. The number of pyridine rings is 1. The molecule has 12 heteroatoms. The highest BCUT2D eigenvalue weighted by Crippen LogP contribution is 2.24. The first-order valence-electron chi connectivity index (χ1n) is 8.83. The molecule has 2 aromatic rings. The monoisotopic (exact) mass is 444 g/mol. The number of aliphatic imine (C=N–C) groups is 1. The van der Waals surface area contributed by atoms with Crippen molar-refractivity contribution < 1.29 is 18.0 Å². The molecule has 2 rings (SSSR count). The third-order valence-corrected chi connectivity index (χ3v) is 3.91. The number of carbonyl (C=O) groups is 1. The van der Waals surface area contributed by atoms with Crippen LogP contribution in [0.15, 0.2) is 58.7 Å². The van der Waals surface area contributed by atoms with E-state index >= 15 is 0 Å². The predicted molar refractivity (Wildman–Crippen MR) is 118 cm³/mol. The van der Waals surface area contributed by atoms with E-state index in [1.54, 1.807) is 24.3 Å². The number of rotatable bonds is 7. The lowest BCUT2D eigenvalue weighted by Gasteiger charge is -2.11. The van der Waals surface area contributed by atoms with Gasteiger partial charge in [0.2, 0.25) is 0 Å². The molecule has 0 atom stereocenters. The summed E-state index contributed by atoms with van der Waals surface area (Å²) in [5, 5.41) is 16.5. The normalized spacial score (nSPS) is 12.9. The van der Waals surface area contributed by atoms with Crippen LogP contribution in [0.25, 0.3) is 6.08 Å². The summed E-state index contributed by atoms with van der Waals surface area (Å²) < 4.78 is 38.1. The average molecular weight is 444 g/mol. The second kappa shape index (κ2) is 10.0. The van der Waals surface area contributed by atoms with E-state index in [-0.39, 0.29) is 17.9 Å². The summed E-state index contributed by atoms with van der Waals surface area (Å²) in [5.41, 5.74) is 15.5. The number of anilines is 2. The van der Waals surface area contributed by atoms with E-state index < -0.39 is 23.4 Å². The molecule has 9 nitrogen and oxygen atoms in total. The second-order valence-electron chi connectivity index (χ2n) is 6.20. The Kier molecular flexibility index (Phi) is 7.45. The number of nitrogens with zero attached hydrogens (tertiary/aromatic N) is 2. The number of amidine groups is 1. The van der Waals surface area contributed by atoms with Crippen LogP contribution < -0.4 is 22.5 Å². The van der Waals surface area contributed by atoms with Crippen molar-refractivity contribution in [2.24, 2.45) is 16.5 Å². The fourth-order valence-electron chi connectivity index (χ4n) is 2.33. The van der Waals surface area contributed by atoms with E-state index in [1.807, 2.05) is 0 Å². The quantitative estimate of drug-likeness (QED) is 0.166. The highest BCUT2D eigenvalue weighted by Gasteiger charge is 2.35. The zero-order valence-corrected chi connectivity index (χ0v) is 16.4. The van der Waals surface area contributed by atoms with E-state index in [0.29, 0.717) is 22.6 Å². The highest BCUT2D eigenvalue weighted by molar-refractivity contribution is 6.17. The molecule has 0 radical (unpaired) electrons. The van der Waals surface area contributed by atoms with Crippen LogP contribution in [0.5, 0.6) is 0 Å². The van der Waals surface area contributed by atoms with Crippen molar-refractivity contribution >= 4 is 47.4 Å². The number of benzene rings is 1. The summed E-state index contributed by atoms with van der Waals surface area (Å²) in [6.07, 6.45) is -0.742. The van der Waals surface area contributed by atoms with Crippen molar-refractivity contribution in [2.75, 3.05) is 11.1 Å². The van der Waals surface area contributed by atoms with Crippen molar-refractivity contribution in [1.82, 2.24) is 4.98 Å². The number of nitrogen functional groups attached to an aromatic ring is 1. The summed E-state index contributed by atoms with van der Waals surface area (Å²) in [7, 11) is 0. The fraction of sp³-hybridized carbons (Fsp3) is 0.0500. The SMILES string of the molecule is N=C/C(C(=O)Nc1cccc(/C=C/C(N)=Nc2ccc(N)c(C=N)c2)n1)=C(\N)C(F)(F)F. The minimum Gasteiger partial charge on any atom is -0.398 e. The summed E-state index contributed by atoms with van der Waals surface area (Å²) in [5.74, 6) is -1.18. The lowest BCUT2D eigenvalue weighted by molar-refractivity contribution is -0.114. The van der Waals surface area contributed by atoms with Crippen molar-refractivity contribution in [3.63, 3.8) is 0 Å². The third-order valence-electron chi connectivity index (χ3n) is 3.91. The van der Waals surface area contributed by atoms with E-state index in [2.05, 4.69) is 15.3 Å². The van der Waals surface area contributed by atoms with Crippen LogP contribution in [-0.4, -0.2) is 35.3 Å². The number of hydrogen-bond acceptors (Lipinski definition) is 7. The molecule has 1 amide bonds. The van der Waals surface area contributed by atoms with Gasteiger partial charge in [-0.2, -0.15) is 13.2 Å². The van der Waals surface area contributed by atoms with Crippen LogP contribution in [0, 0.1) is 10.8 Å². The Hall–Kier alpha value is -4.48. The number of amides is 1. The van der Waals surface area contributed by atoms with Crippen LogP contribution in [-0.2, 0) is 4.79 Å². The minimum atomic E-state index is -4.96. The summed E-state index contributed by atoms with van der Waals surface area (Å²) in [6, 6.07) is 9.22. The molecule has 32 heavy (non-hydrogen) atoms. The van der Waals surface area contributed by atoms with Gasteiger partial charge >= 0.3 is 6.18 Å². The molecule has 0 aliphatic heterocycles. The van der Waals surface area contributed by atoms with Gasteiger partial charge in [-0.25, -0.2) is 9.98 Å². The second-order valence-corrected chi connectivity index (χ2v) is 6.20. The van der Waals surface area contributed by atoms with Crippen LogP contribution in [0.3, 0.4) is 0 Å². The molecular weight excluding hydrogens is 425 g/mol. The van der Waals surface area contributed by atoms with E-state index in [1.165, 1.54) is 24.3 Å². The standard InChI is InChI=1S/C20H19F3N8O/c21-20(22,23)18(28)14(10-25)19(32)31-17-3-1-2-12(30-17)5-7-16(27)29-13-4-6-15(26)11(8-13)9-24/h1-10,24-25H,26,28H2,(H2,27,29)(H,30,31,32)/b7-5+,18-14+,24-9?,25-10?. The summed E-state index contributed by atoms with van der Waals surface area (Å²) >= 11 is 0. The highest BCUT2D eigenvalue weighted by atomic mass is 19.4. The van der Waals surface area contributed by atoms with Gasteiger partial charge in [0.15, 0.2) is 0 Å². The molecule has 0 aliphatic carbocycles. The number of nitrogens with one attached hydrogen (secondary N) is 3. The molecule has 0 fully saturated rings. The molecule has 9 N–H and O–H groups in total. The van der Waals surface area contributed by atoms with Gasteiger partial charge in [0.1, 0.15) is 17.4 Å². The summed E-state index contributed by atoms with van der Waals surface area (Å²) in [4.78, 5) is 20.3. The molecule has 1 aromatic heterocycles. The van der Waals surface area contributed by atoms with Crippen molar-refractivity contribution in [1.29, 1.82) is 10.8 Å². The smallest absolute Gasteiger partial charge is 0.398 e. The number of nitrogens with two attached hydrogens (primary N) is 3. The fourth-order valence-corrected chi connectivity index (χ4v) is 2.33. The lowest BCUT2D eigenvalue weighted by Crippen LogP contribution is -2.28. The zero-order chi connectivity index (χ0) is 23.9. The van der Waals surface area contributed by atoms with Crippen LogP contribution in [0.2, 0.25) is 0 Å². The van der Waals surface area contributed by atoms with Gasteiger partial charge in [0.25, 0.3) is 5.91 Å². The molecular formula is C20H19F3N8O. The number of aromatic nitrogens is 1. The van der Waals surface area contributed by atoms with Gasteiger partial charge in [0.05, 0.1) is 17.0 Å². The van der Waals surface area contributed by atoms with Gasteiger partial charge in [-0.05, 0) is 42.5 Å². The first-order valence-corrected chi connectivity index (χ1v) is 8.83. The molecule has 0 unspecified atom stereocenters. The van der Waals surface area contributed by atoms with Crippen molar-refractivity contribution in [3.8, 4) is 0 Å². The summed E-state index contributed by atoms with van der Waals surface area (Å²) in [6.45, 7) is 0. The molecule has 1 heterocycles. The van der Waals surface area contributed by atoms with Gasteiger partial charge in [0, 0.05) is 23.7 Å². The van der Waals surface area contributed by atoms with Gasteiger partial charge < -0.3 is 33.3 Å². The maximum Gasteiger partial charge on any atom is 0.431 e. The van der Waals surface area contributed by atoms with Crippen LogP contribution >= 0.6 is 0 Å². The van der Waals surface area contributed by atoms with Crippen LogP contribution in [0.1, 0.15) is 11.3 Å².